The first-order valence-electron chi connectivity index (χ1n) is 18.2. The summed E-state index contributed by atoms with van der Waals surface area (Å²) in [6, 6.07) is 26.7. The molecule has 0 fully saturated rings. The smallest absolute Gasteiger partial charge is 0.233 e. The van der Waals surface area contributed by atoms with Gasteiger partial charge in [-0.1, -0.05) is 22.0 Å². The molecular weight excluding hydrogens is 848 g/mol. The van der Waals surface area contributed by atoms with Crippen molar-refractivity contribution in [3.8, 4) is 12.1 Å². The zero-order chi connectivity index (χ0) is 40.3. The van der Waals surface area contributed by atoms with E-state index in [-0.39, 0.29) is 0 Å². The second-order valence-corrected chi connectivity index (χ2v) is 15.0. The molecule has 288 valence electrons. The van der Waals surface area contributed by atoms with Gasteiger partial charge in [0.1, 0.15) is 0 Å². The largest absolute Gasteiger partial charge is 0.354 e. The van der Waals surface area contributed by atoms with Gasteiger partial charge in [-0.05, 0) is 152 Å². The Morgan fingerprint density at radius 2 is 0.895 bits per heavy atom. The first-order valence-corrected chi connectivity index (χ1v) is 19.8. The number of anilines is 10. The summed E-state index contributed by atoms with van der Waals surface area (Å²) in [6.45, 7) is 9.41. The van der Waals surface area contributed by atoms with Crippen LogP contribution < -0.4 is 31.9 Å². The van der Waals surface area contributed by atoms with Crippen LogP contribution in [0.25, 0.3) is 0 Å². The lowest BCUT2D eigenvalue weighted by molar-refractivity contribution is 0.715. The molecular formula is C41H40Br2N14. The van der Waals surface area contributed by atoms with Crippen LogP contribution in [-0.2, 0) is 0 Å². The number of nitrogens with zero attached hydrogens (tertiary/aromatic N) is 8. The Balaban J connectivity index is 1.09. The minimum atomic E-state index is 0.356. The van der Waals surface area contributed by atoms with Gasteiger partial charge in [0.25, 0.3) is 0 Å². The van der Waals surface area contributed by atoms with Gasteiger partial charge in [0.2, 0.25) is 35.7 Å². The molecule has 0 aliphatic carbocycles. The average Bonchev–Trinajstić information content (AvgIpc) is 3.18. The molecule has 0 spiro atoms. The van der Waals surface area contributed by atoms with Crippen LogP contribution in [0.4, 0.5) is 58.4 Å². The van der Waals surface area contributed by atoms with Crippen molar-refractivity contribution in [2.75, 3.05) is 45.0 Å². The van der Waals surface area contributed by atoms with Crippen molar-refractivity contribution < 1.29 is 0 Å². The average molecular weight is 889 g/mol. The molecule has 6 rings (SSSR count). The van der Waals surface area contributed by atoms with E-state index in [1.807, 2.05) is 70.2 Å². The van der Waals surface area contributed by atoms with E-state index < -0.39 is 0 Å². The van der Waals surface area contributed by atoms with E-state index in [4.69, 9.17) is 0 Å². The molecule has 0 aliphatic heterocycles. The summed E-state index contributed by atoms with van der Waals surface area (Å²) in [5.74, 6) is 2.34. The number of hydrogen-bond acceptors (Lipinski definition) is 14. The lowest BCUT2D eigenvalue weighted by Gasteiger charge is -2.15. The van der Waals surface area contributed by atoms with Crippen molar-refractivity contribution in [2.24, 2.45) is 0 Å². The number of benzene rings is 4. The van der Waals surface area contributed by atoms with Gasteiger partial charge in [-0.3, -0.25) is 0 Å². The van der Waals surface area contributed by atoms with Crippen LogP contribution in [0.3, 0.4) is 0 Å². The maximum atomic E-state index is 9.19. The van der Waals surface area contributed by atoms with Crippen LogP contribution in [-0.4, -0.2) is 43.0 Å². The molecule has 2 aromatic heterocycles. The molecule has 2 heterocycles. The van der Waals surface area contributed by atoms with Crippen LogP contribution in [0.2, 0.25) is 0 Å². The molecule has 6 N–H and O–H groups in total. The van der Waals surface area contributed by atoms with E-state index in [1.54, 1.807) is 24.3 Å². The number of rotatable bonds is 16. The van der Waals surface area contributed by atoms with Gasteiger partial charge in [-0.25, -0.2) is 0 Å². The topological polar surface area (TPSA) is 197 Å². The summed E-state index contributed by atoms with van der Waals surface area (Å²) < 4.78 is 1.90. The Labute approximate surface area is 348 Å². The fraction of sp³-hybridized carbons (Fsp3) is 0.220. The van der Waals surface area contributed by atoms with Crippen LogP contribution >= 0.6 is 31.9 Å². The van der Waals surface area contributed by atoms with Crippen molar-refractivity contribution in [1.29, 1.82) is 10.5 Å². The van der Waals surface area contributed by atoms with Crippen LogP contribution in [0, 0.1) is 50.4 Å². The maximum absolute atomic E-state index is 9.19. The summed E-state index contributed by atoms with van der Waals surface area (Å²) in [5, 5.41) is 38.3. The number of nitrogens with one attached hydrogen (secondary N) is 6. The fourth-order valence-corrected chi connectivity index (χ4v) is 7.34. The SMILES string of the molecule is Cc1cc(C)c(Nc2nc(NCCCCCNc3nc(Nc4ccc(C#N)cc4)nc(Nc4c(C)cc(Br)cc4C)n3)nc(Nc3ccc(C#N)cc3)n2)c(Br)c1. The minimum absolute atomic E-state index is 0.356. The molecule has 16 heteroatoms. The minimum Gasteiger partial charge on any atom is -0.354 e. The van der Waals surface area contributed by atoms with Gasteiger partial charge in [0, 0.05) is 39.1 Å². The highest BCUT2D eigenvalue weighted by atomic mass is 79.9. The van der Waals surface area contributed by atoms with Gasteiger partial charge in [-0.2, -0.15) is 40.4 Å². The molecule has 0 saturated heterocycles. The van der Waals surface area contributed by atoms with Crippen LogP contribution in [0.1, 0.15) is 52.6 Å². The quantitative estimate of drug-likeness (QED) is 0.0502. The molecule has 6 aromatic rings. The third kappa shape index (κ3) is 11.3. The number of nitriles is 2. The lowest BCUT2D eigenvalue weighted by Crippen LogP contribution is -2.12. The lowest BCUT2D eigenvalue weighted by atomic mass is 10.1. The number of aryl methyl sites for hydroxylation is 4. The van der Waals surface area contributed by atoms with E-state index in [0.717, 1.165) is 73.2 Å². The number of aromatic nitrogens is 6. The summed E-state index contributed by atoms with van der Waals surface area (Å²) in [5.41, 5.74) is 8.69. The third-order valence-electron chi connectivity index (χ3n) is 8.63. The predicted octanol–water partition coefficient (Wildman–Crippen LogP) is 10.2. The number of hydrogen-bond donors (Lipinski definition) is 6. The maximum Gasteiger partial charge on any atom is 0.233 e. The monoisotopic (exact) mass is 886 g/mol. The van der Waals surface area contributed by atoms with Crippen molar-refractivity contribution in [1.82, 2.24) is 29.9 Å². The Bertz CT molecular complexity index is 2230. The Morgan fingerprint density at radius 1 is 0.491 bits per heavy atom. The van der Waals surface area contributed by atoms with Gasteiger partial charge >= 0.3 is 0 Å². The highest BCUT2D eigenvalue weighted by Gasteiger charge is 2.13. The van der Waals surface area contributed by atoms with Crippen LogP contribution in [0.5, 0.6) is 0 Å². The van der Waals surface area contributed by atoms with E-state index >= 15 is 0 Å². The summed E-state index contributed by atoms with van der Waals surface area (Å²) in [4.78, 5) is 27.9. The third-order valence-corrected chi connectivity index (χ3v) is 9.72. The number of unbranched alkanes of at least 4 members (excludes halogenated alkanes) is 2. The zero-order valence-corrected chi connectivity index (χ0v) is 35.0. The van der Waals surface area contributed by atoms with E-state index in [2.05, 4.69) is 112 Å². The first-order chi connectivity index (χ1) is 27.5. The molecule has 0 amide bonds. The molecule has 0 atom stereocenters. The van der Waals surface area contributed by atoms with Gasteiger partial charge < -0.3 is 31.9 Å². The number of halogens is 2. The molecule has 14 nitrogen and oxygen atoms in total. The van der Waals surface area contributed by atoms with E-state index in [1.165, 1.54) is 0 Å². The van der Waals surface area contributed by atoms with E-state index in [9.17, 15) is 10.5 Å². The van der Waals surface area contributed by atoms with Crippen molar-refractivity contribution >= 4 is 90.3 Å². The van der Waals surface area contributed by atoms with Crippen LogP contribution in [0.15, 0.2) is 81.7 Å². The molecule has 0 radical (unpaired) electrons. The fourth-order valence-electron chi connectivity index (χ4n) is 5.88. The van der Waals surface area contributed by atoms with E-state index in [0.29, 0.717) is 59.9 Å². The predicted molar refractivity (Wildman–Crippen MR) is 233 cm³/mol. The standard InChI is InChI=1S/C41H40Br2N14/c1-24-18-25(2)35(33(43)19-24)51-41-55-37(53-39(57-41)49-32-14-10-29(23-45)11-15-32)47-17-7-5-6-16-46-36-52-38(48-31-12-8-28(22-44)9-13-31)56-40(54-36)50-34-26(3)20-30(42)21-27(34)4/h8-15,18-21H,5-7,16-17H2,1-4H3,(H3,46,48,50,52,54,56)(H3,47,49,51,53,55,57). The summed E-state index contributed by atoms with van der Waals surface area (Å²) >= 11 is 7.23. The second kappa shape index (κ2) is 19.0. The van der Waals surface area contributed by atoms with Gasteiger partial charge in [-0.15, -0.1) is 0 Å². The highest BCUT2D eigenvalue weighted by molar-refractivity contribution is 9.10. The van der Waals surface area contributed by atoms with Crippen molar-refractivity contribution in [2.45, 2.75) is 47.0 Å². The molecule has 0 bridgehead atoms. The summed E-state index contributed by atoms with van der Waals surface area (Å²) in [7, 11) is 0. The Morgan fingerprint density at radius 3 is 1.33 bits per heavy atom. The normalized spacial score (nSPS) is 10.6. The van der Waals surface area contributed by atoms with Gasteiger partial charge in [0.05, 0.1) is 29.0 Å². The Kier molecular flexibility index (Phi) is 13.4. The Hall–Kier alpha value is -6.36. The molecule has 0 aliphatic rings. The molecule has 57 heavy (non-hydrogen) atoms. The van der Waals surface area contributed by atoms with Crippen molar-refractivity contribution in [3.05, 3.63) is 115 Å². The second-order valence-electron chi connectivity index (χ2n) is 13.3. The summed E-state index contributed by atoms with van der Waals surface area (Å²) in [6.07, 6.45) is 2.62. The highest BCUT2D eigenvalue weighted by Crippen LogP contribution is 2.31. The van der Waals surface area contributed by atoms with Gasteiger partial charge in [0.15, 0.2) is 0 Å². The molecule has 0 unspecified atom stereocenters. The van der Waals surface area contributed by atoms with Crippen molar-refractivity contribution in [3.63, 3.8) is 0 Å². The molecule has 0 saturated carbocycles. The zero-order valence-electron chi connectivity index (χ0n) is 31.8. The molecule has 4 aromatic carbocycles. The first kappa shape index (κ1) is 40.3.